The molecule has 1 aliphatic heterocycles. The van der Waals surface area contributed by atoms with Crippen molar-refractivity contribution in [3.63, 3.8) is 0 Å². The number of nitrogens with one attached hydrogen (secondary N) is 2. The fraction of sp³-hybridized carbons (Fsp3) is 0.440. The van der Waals surface area contributed by atoms with Crippen LogP contribution in [-0.4, -0.2) is 61.1 Å². The minimum absolute atomic E-state index is 0. The van der Waals surface area contributed by atoms with Gasteiger partial charge >= 0.3 is 0 Å². The molecule has 0 spiro atoms. The summed E-state index contributed by atoms with van der Waals surface area (Å²) in [4.78, 5) is 27.6. The van der Waals surface area contributed by atoms with Crippen LogP contribution in [-0.2, 0) is 22.7 Å². The first kappa shape index (κ1) is 31.4. The number of nitrogens with zero attached hydrogens (tertiary/aromatic N) is 3. The van der Waals surface area contributed by atoms with Crippen molar-refractivity contribution in [3.8, 4) is 0 Å². The third-order valence-electron chi connectivity index (χ3n) is 5.80. The molecule has 35 heavy (non-hydrogen) atoms. The molecule has 0 bridgehead atoms. The fourth-order valence-electron chi connectivity index (χ4n) is 3.94. The maximum Gasteiger partial charge on any atom is 0.250 e. The van der Waals surface area contributed by atoms with E-state index in [9.17, 15) is 9.59 Å². The van der Waals surface area contributed by atoms with Crippen LogP contribution in [0.15, 0.2) is 46.9 Å². The van der Waals surface area contributed by atoms with E-state index in [4.69, 9.17) is 0 Å². The van der Waals surface area contributed by atoms with Gasteiger partial charge in [0.2, 0.25) is 5.91 Å². The molecule has 7 nitrogen and oxygen atoms in total. The van der Waals surface area contributed by atoms with E-state index < -0.39 is 0 Å². The number of rotatable bonds is 10. The average molecular weight is 589 g/mol. The molecule has 3 rings (SSSR count). The van der Waals surface area contributed by atoms with Crippen LogP contribution in [0.4, 0.5) is 5.69 Å². The molecule has 1 heterocycles. The maximum atomic E-state index is 13.1. The lowest BCUT2D eigenvalue weighted by Crippen LogP contribution is -2.47. The number of benzene rings is 2. The highest BCUT2D eigenvalue weighted by Crippen LogP contribution is 2.24. The zero-order valence-corrected chi connectivity index (χ0v) is 23.9. The molecule has 0 fully saturated rings. The van der Waals surface area contributed by atoms with Gasteiger partial charge < -0.3 is 10.2 Å². The van der Waals surface area contributed by atoms with E-state index in [2.05, 4.69) is 52.5 Å². The Hall–Kier alpha value is -1.68. The molecule has 2 aromatic rings. The minimum atomic E-state index is -0.0662. The third kappa shape index (κ3) is 8.74. The quantitative estimate of drug-likeness (QED) is 0.440. The van der Waals surface area contributed by atoms with Gasteiger partial charge in [0, 0.05) is 49.4 Å². The molecule has 194 valence electrons. The van der Waals surface area contributed by atoms with E-state index >= 15 is 0 Å². The molecule has 0 aromatic heterocycles. The minimum Gasteiger partial charge on any atom is -0.313 e. The Kier molecular flexibility index (Phi) is 13.2. The summed E-state index contributed by atoms with van der Waals surface area (Å²) in [5.41, 5.74) is 4.40. The molecule has 0 radical (unpaired) electrons. The van der Waals surface area contributed by atoms with Gasteiger partial charge in [0.1, 0.15) is 0 Å². The second-order valence-corrected chi connectivity index (χ2v) is 9.61. The Morgan fingerprint density at radius 3 is 2.20 bits per heavy atom. The summed E-state index contributed by atoms with van der Waals surface area (Å²) in [7, 11) is 1.78. The first-order chi connectivity index (χ1) is 15.8. The summed E-state index contributed by atoms with van der Waals surface area (Å²) in [6.07, 6.45) is 0. The van der Waals surface area contributed by atoms with Crippen LogP contribution in [0.2, 0.25) is 0 Å². The van der Waals surface area contributed by atoms with E-state index in [1.165, 1.54) is 11.1 Å². The van der Waals surface area contributed by atoms with Gasteiger partial charge in [-0.2, -0.15) is 0 Å². The van der Waals surface area contributed by atoms with Gasteiger partial charge in [-0.3, -0.25) is 19.9 Å². The van der Waals surface area contributed by atoms with E-state index in [1.807, 2.05) is 42.3 Å². The lowest BCUT2D eigenvalue weighted by molar-refractivity contribution is -0.145. The summed E-state index contributed by atoms with van der Waals surface area (Å²) in [6, 6.07) is 14.5. The average Bonchev–Trinajstić information content (AvgIpc) is 3.20. The van der Waals surface area contributed by atoms with Crippen molar-refractivity contribution < 1.29 is 9.59 Å². The van der Waals surface area contributed by atoms with E-state index in [0.717, 1.165) is 28.8 Å². The van der Waals surface area contributed by atoms with Crippen LogP contribution in [0, 0.1) is 6.92 Å². The van der Waals surface area contributed by atoms with Crippen LogP contribution < -0.4 is 15.5 Å². The molecule has 0 atom stereocenters. The number of likely N-dealkylation sites (N-methyl/N-ethyl adjacent to an activating group) is 1. The summed E-state index contributed by atoms with van der Waals surface area (Å²) in [5, 5.41) is 10.1. The normalized spacial score (nSPS) is 12.5. The Labute approximate surface area is 229 Å². The van der Waals surface area contributed by atoms with Gasteiger partial charge in [-0.05, 0) is 41.8 Å². The van der Waals surface area contributed by atoms with Crippen LogP contribution in [0.3, 0.4) is 0 Å². The zero-order chi connectivity index (χ0) is 24.0. The number of hydrazine groups is 1. The molecule has 2 amide bonds. The Bertz CT molecular complexity index is 967. The molecule has 10 heteroatoms. The molecule has 1 aliphatic rings. The smallest absolute Gasteiger partial charge is 0.250 e. The SMILES string of the molecule is Cc1cc(Br)ccc1N(CCNC(C)C)C(=O)CNCC(=O)N(C)N1Cc2ccccc2C1.Cl.Cl. The lowest BCUT2D eigenvalue weighted by atomic mass is 10.1. The van der Waals surface area contributed by atoms with Crippen LogP contribution in [0.1, 0.15) is 30.5 Å². The lowest BCUT2D eigenvalue weighted by Gasteiger charge is -2.28. The predicted molar refractivity (Wildman–Crippen MR) is 150 cm³/mol. The van der Waals surface area contributed by atoms with Gasteiger partial charge in [0.15, 0.2) is 0 Å². The summed E-state index contributed by atoms with van der Waals surface area (Å²) in [6.45, 7) is 9.05. The van der Waals surface area contributed by atoms with Gasteiger partial charge in [-0.1, -0.05) is 54.0 Å². The third-order valence-corrected chi connectivity index (χ3v) is 6.29. The van der Waals surface area contributed by atoms with Crippen molar-refractivity contribution in [3.05, 3.63) is 63.6 Å². The van der Waals surface area contributed by atoms with Crippen molar-refractivity contribution in [2.75, 3.05) is 38.1 Å². The number of carbonyl (C=O) groups is 2. The largest absolute Gasteiger partial charge is 0.313 e. The molecule has 0 unspecified atom stereocenters. The number of hydrogen-bond donors (Lipinski definition) is 2. The number of amides is 2. The standard InChI is InChI=1S/C25H34BrN5O2.2ClH/c1-18(2)28-11-12-31(23-10-9-22(26)13-19(23)3)25(33)15-27-14-24(32)29(4)30-16-20-7-5-6-8-21(20)17-30;;/h5-10,13,18,27-28H,11-12,14-17H2,1-4H3;2*1H. The number of carbonyl (C=O) groups excluding carboxylic acids is 2. The second kappa shape index (κ2) is 14.8. The molecule has 0 aliphatic carbocycles. The number of hydrogen-bond acceptors (Lipinski definition) is 5. The molecule has 0 saturated heterocycles. The van der Waals surface area contributed by atoms with Crippen molar-refractivity contribution in [2.24, 2.45) is 0 Å². The monoisotopic (exact) mass is 587 g/mol. The van der Waals surface area contributed by atoms with Gasteiger partial charge in [0.25, 0.3) is 5.91 Å². The predicted octanol–water partition coefficient (Wildman–Crippen LogP) is 3.91. The Balaban J connectivity index is 0.00000306. The summed E-state index contributed by atoms with van der Waals surface area (Å²) < 4.78 is 0.979. The topological polar surface area (TPSA) is 67.9 Å². The van der Waals surface area contributed by atoms with Crippen LogP contribution in [0.5, 0.6) is 0 Å². The Morgan fingerprint density at radius 1 is 1.03 bits per heavy atom. The van der Waals surface area contributed by atoms with Crippen LogP contribution >= 0.6 is 40.7 Å². The number of anilines is 1. The highest BCUT2D eigenvalue weighted by Gasteiger charge is 2.25. The molecule has 2 N–H and O–H groups in total. The van der Waals surface area contributed by atoms with E-state index in [0.29, 0.717) is 19.1 Å². The van der Waals surface area contributed by atoms with Gasteiger partial charge in [0.05, 0.1) is 13.1 Å². The van der Waals surface area contributed by atoms with Crippen molar-refractivity contribution in [1.82, 2.24) is 20.7 Å². The second-order valence-electron chi connectivity index (χ2n) is 8.70. The van der Waals surface area contributed by atoms with Crippen molar-refractivity contribution >= 4 is 58.2 Å². The van der Waals surface area contributed by atoms with E-state index in [-0.39, 0.29) is 49.7 Å². The highest BCUT2D eigenvalue weighted by molar-refractivity contribution is 9.10. The van der Waals surface area contributed by atoms with Crippen molar-refractivity contribution in [1.29, 1.82) is 0 Å². The number of halogens is 3. The molecule has 0 saturated carbocycles. The Morgan fingerprint density at radius 2 is 1.63 bits per heavy atom. The van der Waals surface area contributed by atoms with Crippen LogP contribution in [0.25, 0.3) is 0 Å². The van der Waals surface area contributed by atoms with Gasteiger partial charge in [-0.15, -0.1) is 24.8 Å². The highest BCUT2D eigenvalue weighted by atomic mass is 79.9. The number of fused-ring (bicyclic) bond motifs is 1. The maximum absolute atomic E-state index is 13.1. The number of aryl methyl sites for hydroxylation is 1. The first-order valence-electron chi connectivity index (χ1n) is 11.3. The molecule has 2 aromatic carbocycles. The van der Waals surface area contributed by atoms with Crippen molar-refractivity contribution in [2.45, 2.75) is 39.9 Å². The fourth-order valence-corrected chi connectivity index (χ4v) is 4.41. The van der Waals surface area contributed by atoms with Gasteiger partial charge in [-0.25, -0.2) is 5.01 Å². The molecular weight excluding hydrogens is 553 g/mol. The molecular formula is C25H36BrCl2N5O2. The first-order valence-corrected chi connectivity index (χ1v) is 12.1. The zero-order valence-electron chi connectivity index (χ0n) is 20.7. The summed E-state index contributed by atoms with van der Waals surface area (Å²) in [5.74, 6) is -0.126. The summed E-state index contributed by atoms with van der Waals surface area (Å²) >= 11 is 3.49. The van der Waals surface area contributed by atoms with E-state index in [1.54, 1.807) is 17.0 Å².